The molecule has 0 saturated carbocycles. The van der Waals surface area contributed by atoms with E-state index in [2.05, 4.69) is 6.08 Å². The number of hydrazine groups is 1. The second-order valence-electron chi connectivity index (χ2n) is 7.11. The second kappa shape index (κ2) is 9.43. The quantitative estimate of drug-likeness (QED) is 0.590. The maximum atomic E-state index is 6.16. The van der Waals surface area contributed by atoms with Gasteiger partial charge in [0, 0.05) is 23.7 Å². The van der Waals surface area contributed by atoms with Crippen LogP contribution in [0.15, 0.2) is 52.4 Å². The van der Waals surface area contributed by atoms with Crippen molar-refractivity contribution in [3.63, 3.8) is 0 Å². The first-order chi connectivity index (χ1) is 13.4. The van der Waals surface area contributed by atoms with Gasteiger partial charge in [0.15, 0.2) is 13.5 Å². The minimum absolute atomic E-state index is 0.0970. The lowest BCUT2D eigenvalue weighted by Gasteiger charge is -2.27. The van der Waals surface area contributed by atoms with Crippen LogP contribution >= 0.6 is 11.6 Å². The molecule has 2 aliphatic rings. The molecule has 1 saturated heterocycles. The van der Waals surface area contributed by atoms with Gasteiger partial charge >= 0.3 is 0 Å². The summed E-state index contributed by atoms with van der Waals surface area (Å²) < 4.78 is 5.88. The van der Waals surface area contributed by atoms with Gasteiger partial charge in [-0.25, -0.2) is 20.6 Å². The summed E-state index contributed by atoms with van der Waals surface area (Å²) in [6, 6.07) is 7.65. The molecule has 1 aromatic rings. The minimum Gasteiger partial charge on any atom is -0.495 e. The van der Waals surface area contributed by atoms with E-state index < -0.39 is 0 Å². The third kappa shape index (κ3) is 5.48. The highest BCUT2D eigenvalue weighted by Gasteiger charge is 2.23. The van der Waals surface area contributed by atoms with Crippen molar-refractivity contribution in [2.75, 3.05) is 13.5 Å². The van der Waals surface area contributed by atoms with Crippen LogP contribution in [-0.2, 0) is 21.1 Å². The molecule has 0 unspecified atom stereocenters. The van der Waals surface area contributed by atoms with Gasteiger partial charge in [-0.3, -0.25) is 5.01 Å². The Morgan fingerprint density at radius 2 is 1.89 bits per heavy atom. The van der Waals surface area contributed by atoms with E-state index >= 15 is 0 Å². The van der Waals surface area contributed by atoms with Crippen molar-refractivity contribution in [2.45, 2.75) is 46.3 Å². The Morgan fingerprint density at radius 1 is 1.18 bits per heavy atom. The zero-order chi connectivity index (χ0) is 20.1. The SMILES string of the molecule is CC1=C(OC(C)C)CCC(/N=C2\N(N)COOCN2Cc2ccc(Cl)cc2)=C1. The van der Waals surface area contributed by atoms with E-state index in [1.165, 1.54) is 5.01 Å². The number of benzene rings is 1. The van der Waals surface area contributed by atoms with Crippen LogP contribution < -0.4 is 5.84 Å². The molecule has 0 aromatic heterocycles. The summed E-state index contributed by atoms with van der Waals surface area (Å²) in [4.78, 5) is 17.1. The Hall–Kier alpha value is -2.06. The molecular formula is C20H27ClN4O3. The number of nitrogens with zero attached hydrogens (tertiary/aromatic N) is 3. The first-order valence-corrected chi connectivity index (χ1v) is 9.72. The van der Waals surface area contributed by atoms with Gasteiger partial charge in [-0.2, -0.15) is 0 Å². The average molecular weight is 407 g/mol. The van der Waals surface area contributed by atoms with Gasteiger partial charge in [0.1, 0.15) is 0 Å². The molecule has 2 N–H and O–H groups in total. The number of ether oxygens (including phenoxy) is 1. The molecule has 28 heavy (non-hydrogen) atoms. The number of rotatable bonds is 5. The van der Waals surface area contributed by atoms with Crippen LogP contribution in [-0.4, -0.2) is 35.4 Å². The number of aliphatic imine (C=N–C) groups is 1. The highest BCUT2D eigenvalue weighted by atomic mass is 35.5. The molecule has 0 spiro atoms. The van der Waals surface area contributed by atoms with E-state index in [-0.39, 0.29) is 19.6 Å². The van der Waals surface area contributed by atoms with Crippen LogP contribution in [0.3, 0.4) is 0 Å². The lowest BCUT2D eigenvalue weighted by atomic mass is 10.0. The number of nitrogens with two attached hydrogens (primary N) is 1. The Labute approximate surface area is 170 Å². The number of halogens is 1. The van der Waals surface area contributed by atoms with Gasteiger partial charge < -0.3 is 9.64 Å². The van der Waals surface area contributed by atoms with Crippen LogP contribution in [0.2, 0.25) is 5.02 Å². The first-order valence-electron chi connectivity index (χ1n) is 9.34. The topological polar surface area (TPSA) is 72.5 Å². The van der Waals surface area contributed by atoms with Crippen LogP contribution in [0.4, 0.5) is 0 Å². The normalized spacial score (nSPS) is 19.9. The predicted molar refractivity (Wildman–Crippen MR) is 109 cm³/mol. The molecule has 0 atom stereocenters. The zero-order valence-corrected chi connectivity index (χ0v) is 17.3. The maximum Gasteiger partial charge on any atom is 0.220 e. The fourth-order valence-corrected chi connectivity index (χ4v) is 3.17. The number of allylic oxidation sites excluding steroid dienone is 4. The van der Waals surface area contributed by atoms with Gasteiger partial charge in [0.25, 0.3) is 0 Å². The van der Waals surface area contributed by atoms with Crippen molar-refractivity contribution in [3.8, 4) is 0 Å². The van der Waals surface area contributed by atoms with Crippen molar-refractivity contribution in [1.82, 2.24) is 9.91 Å². The Kier molecular flexibility index (Phi) is 6.96. The molecule has 0 bridgehead atoms. The van der Waals surface area contributed by atoms with Crippen molar-refractivity contribution in [2.24, 2.45) is 10.8 Å². The van der Waals surface area contributed by atoms with E-state index in [0.29, 0.717) is 17.5 Å². The second-order valence-corrected chi connectivity index (χ2v) is 7.54. The van der Waals surface area contributed by atoms with Crippen molar-refractivity contribution < 1.29 is 14.5 Å². The standard InChI is InChI=1S/C20H27ClN4O3/c1-14(2)28-19-9-8-18(10-15(19)3)23-20-24(12-26-27-13-25(20)22)11-16-4-6-17(21)7-5-16/h4-7,10,14H,8-9,11-13,22H2,1-3H3/b23-20-. The van der Waals surface area contributed by atoms with Gasteiger partial charge in [-0.1, -0.05) is 23.7 Å². The molecular weight excluding hydrogens is 380 g/mol. The average Bonchev–Trinajstić information content (AvgIpc) is 2.81. The molecule has 0 radical (unpaired) electrons. The molecule has 1 aliphatic heterocycles. The summed E-state index contributed by atoms with van der Waals surface area (Å²) in [5.41, 5.74) is 3.10. The van der Waals surface area contributed by atoms with E-state index in [0.717, 1.165) is 35.4 Å². The summed E-state index contributed by atoms with van der Waals surface area (Å²) in [7, 11) is 0. The zero-order valence-electron chi connectivity index (χ0n) is 16.5. The van der Waals surface area contributed by atoms with E-state index in [4.69, 9.17) is 36.9 Å². The van der Waals surface area contributed by atoms with Crippen molar-refractivity contribution >= 4 is 17.6 Å². The number of hydrogen-bond acceptors (Lipinski definition) is 5. The molecule has 1 aromatic carbocycles. The van der Waals surface area contributed by atoms with Gasteiger partial charge in [0.05, 0.1) is 11.9 Å². The monoisotopic (exact) mass is 406 g/mol. The van der Waals surface area contributed by atoms with Crippen LogP contribution in [0.25, 0.3) is 0 Å². The van der Waals surface area contributed by atoms with E-state index in [1.54, 1.807) is 0 Å². The van der Waals surface area contributed by atoms with Crippen LogP contribution in [0.1, 0.15) is 39.2 Å². The molecule has 152 valence electrons. The third-order valence-electron chi connectivity index (χ3n) is 4.36. The van der Waals surface area contributed by atoms with E-state index in [9.17, 15) is 0 Å². The summed E-state index contributed by atoms with van der Waals surface area (Å²) in [6.45, 7) is 7.00. The predicted octanol–water partition coefficient (Wildman–Crippen LogP) is 3.93. The summed E-state index contributed by atoms with van der Waals surface area (Å²) in [6.07, 6.45) is 3.82. The minimum atomic E-state index is 0.0970. The highest BCUT2D eigenvalue weighted by molar-refractivity contribution is 6.30. The summed E-state index contributed by atoms with van der Waals surface area (Å²) in [5.74, 6) is 7.78. The number of hydrogen-bond donors (Lipinski definition) is 1. The molecule has 8 heteroatoms. The Bertz CT molecular complexity index is 774. The van der Waals surface area contributed by atoms with Gasteiger partial charge in [-0.15, -0.1) is 0 Å². The first kappa shape index (κ1) is 20.7. The van der Waals surface area contributed by atoms with Crippen LogP contribution in [0, 0.1) is 0 Å². The molecule has 0 amide bonds. The fourth-order valence-electron chi connectivity index (χ4n) is 3.05. The molecule has 1 heterocycles. The van der Waals surface area contributed by atoms with Gasteiger partial charge in [-0.05, 0) is 56.5 Å². The lowest BCUT2D eigenvalue weighted by molar-refractivity contribution is -0.314. The maximum absolute atomic E-state index is 6.16. The molecule has 7 nitrogen and oxygen atoms in total. The van der Waals surface area contributed by atoms with Crippen molar-refractivity contribution in [1.29, 1.82) is 0 Å². The highest BCUT2D eigenvalue weighted by Crippen LogP contribution is 2.27. The fraction of sp³-hybridized carbons (Fsp3) is 0.450. The molecule has 1 fully saturated rings. The van der Waals surface area contributed by atoms with Crippen molar-refractivity contribution in [3.05, 3.63) is 58.0 Å². The number of guanidine groups is 1. The third-order valence-corrected chi connectivity index (χ3v) is 4.61. The molecule has 1 aliphatic carbocycles. The molecule has 3 rings (SSSR count). The van der Waals surface area contributed by atoms with Gasteiger partial charge in [0.2, 0.25) is 5.96 Å². The summed E-state index contributed by atoms with van der Waals surface area (Å²) in [5, 5.41) is 2.14. The van der Waals surface area contributed by atoms with E-state index in [1.807, 2.05) is 49.9 Å². The Morgan fingerprint density at radius 3 is 2.57 bits per heavy atom. The Balaban J connectivity index is 1.84. The lowest BCUT2D eigenvalue weighted by Crippen LogP contribution is -2.46. The van der Waals surface area contributed by atoms with Crippen LogP contribution in [0.5, 0.6) is 0 Å². The largest absolute Gasteiger partial charge is 0.495 e. The summed E-state index contributed by atoms with van der Waals surface area (Å²) >= 11 is 5.99. The smallest absolute Gasteiger partial charge is 0.220 e.